The summed E-state index contributed by atoms with van der Waals surface area (Å²) in [5, 5.41) is 3.56. The van der Waals surface area contributed by atoms with E-state index in [0.29, 0.717) is 12.1 Å². The van der Waals surface area contributed by atoms with Gasteiger partial charge in [-0.05, 0) is 37.1 Å². The van der Waals surface area contributed by atoms with Gasteiger partial charge in [0.15, 0.2) is 6.61 Å². The van der Waals surface area contributed by atoms with Gasteiger partial charge in [0.1, 0.15) is 5.75 Å². The Labute approximate surface area is 176 Å². The molecule has 0 spiro atoms. The second-order valence-electron chi connectivity index (χ2n) is 8.62. The second kappa shape index (κ2) is 11.0. The Morgan fingerprint density at radius 1 is 1.03 bits per heavy atom. The highest BCUT2D eigenvalue weighted by atomic mass is 16.5. The van der Waals surface area contributed by atoms with E-state index in [1.807, 2.05) is 17.0 Å². The molecule has 0 atom stereocenters. The van der Waals surface area contributed by atoms with E-state index in [4.69, 9.17) is 4.74 Å². The number of likely N-dealkylation sites (tertiary alicyclic amines) is 1. The van der Waals surface area contributed by atoms with Crippen LogP contribution in [0.5, 0.6) is 5.75 Å². The molecule has 1 aromatic rings. The van der Waals surface area contributed by atoms with Gasteiger partial charge in [0.2, 0.25) is 0 Å². The summed E-state index contributed by atoms with van der Waals surface area (Å²) >= 11 is 0. The van der Waals surface area contributed by atoms with Gasteiger partial charge in [-0.1, -0.05) is 32.9 Å². The predicted molar refractivity (Wildman–Crippen MR) is 117 cm³/mol. The van der Waals surface area contributed by atoms with Crippen LogP contribution in [0.2, 0.25) is 0 Å². The SMILES string of the molecule is CCN1CCN(Cc2ccc(OCC(=O)N3CCC(NC(C)C)CC3)cc2)CC1. The third-order valence-electron chi connectivity index (χ3n) is 6.02. The number of carbonyl (C=O) groups excluding carboxylic acids is 1. The second-order valence-corrected chi connectivity index (χ2v) is 8.62. The molecule has 162 valence electrons. The monoisotopic (exact) mass is 402 g/mol. The van der Waals surface area contributed by atoms with Crippen LogP contribution in [0, 0.1) is 0 Å². The lowest BCUT2D eigenvalue weighted by atomic mass is 10.0. The van der Waals surface area contributed by atoms with E-state index in [-0.39, 0.29) is 12.5 Å². The Bertz CT molecular complexity index is 618. The highest BCUT2D eigenvalue weighted by molar-refractivity contribution is 5.77. The van der Waals surface area contributed by atoms with Gasteiger partial charge in [-0.2, -0.15) is 0 Å². The molecule has 0 bridgehead atoms. The molecule has 2 aliphatic rings. The zero-order valence-electron chi connectivity index (χ0n) is 18.4. The predicted octanol–water partition coefficient (Wildman–Crippen LogP) is 2.19. The van der Waals surface area contributed by atoms with E-state index in [1.54, 1.807) is 0 Å². The van der Waals surface area contributed by atoms with Crippen molar-refractivity contribution < 1.29 is 9.53 Å². The number of piperidine rings is 1. The topological polar surface area (TPSA) is 48.1 Å². The molecular weight excluding hydrogens is 364 g/mol. The molecule has 0 radical (unpaired) electrons. The van der Waals surface area contributed by atoms with Gasteiger partial charge >= 0.3 is 0 Å². The van der Waals surface area contributed by atoms with Gasteiger partial charge in [0.25, 0.3) is 5.91 Å². The maximum absolute atomic E-state index is 12.5. The minimum atomic E-state index is 0.0888. The van der Waals surface area contributed by atoms with Crippen molar-refractivity contribution in [3.63, 3.8) is 0 Å². The van der Waals surface area contributed by atoms with E-state index in [2.05, 4.69) is 48.0 Å². The van der Waals surface area contributed by atoms with E-state index in [9.17, 15) is 4.79 Å². The van der Waals surface area contributed by atoms with Crippen LogP contribution in [0.15, 0.2) is 24.3 Å². The van der Waals surface area contributed by atoms with Gasteiger partial charge in [-0.25, -0.2) is 0 Å². The first kappa shape index (κ1) is 22.1. The number of ether oxygens (including phenoxy) is 1. The Hall–Kier alpha value is -1.63. The number of nitrogens with one attached hydrogen (secondary N) is 1. The van der Waals surface area contributed by atoms with Crippen LogP contribution in [0.25, 0.3) is 0 Å². The fourth-order valence-corrected chi connectivity index (χ4v) is 4.22. The van der Waals surface area contributed by atoms with Crippen LogP contribution in [0.1, 0.15) is 39.2 Å². The van der Waals surface area contributed by atoms with E-state index in [1.165, 1.54) is 5.56 Å². The summed E-state index contributed by atoms with van der Waals surface area (Å²) in [6.07, 6.45) is 2.04. The number of carbonyl (C=O) groups is 1. The van der Waals surface area contributed by atoms with E-state index in [0.717, 1.165) is 70.9 Å². The summed E-state index contributed by atoms with van der Waals surface area (Å²) in [4.78, 5) is 19.4. The lowest BCUT2D eigenvalue weighted by Crippen LogP contribution is -2.47. The standard InChI is InChI=1S/C23H38N4O2/c1-4-25-13-15-26(16-14-25)17-20-5-7-22(8-6-20)29-18-23(28)27-11-9-21(10-12-27)24-19(2)3/h5-8,19,21,24H,4,9-18H2,1-3H3. The highest BCUT2D eigenvalue weighted by Gasteiger charge is 2.23. The van der Waals surface area contributed by atoms with Crippen LogP contribution in [-0.4, -0.2) is 85.1 Å². The van der Waals surface area contributed by atoms with Crippen molar-refractivity contribution in [3.8, 4) is 5.75 Å². The molecule has 1 aromatic carbocycles. The highest BCUT2D eigenvalue weighted by Crippen LogP contribution is 2.16. The van der Waals surface area contributed by atoms with Crippen LogP contribution in [-0.2, 0) is 11.3 Å². The van der Waals surface area contributed by atoms with Gasteiger partial charge in [-0.15, -0.1) is 0 Å². The molecule has 2 saturated heterocycles. The molecule has 0 saturated carbocycles. The Morgan fingerprint density at radius 3 is 2.24 bits per heavy atom. The van der Waals surface area contributed by atoms with E-state index < -0.39 is 0 Å². The summed E-state index contributed by atoms with van der Waals surface area (Å²) in [5.41, 5.74) is 1.30. The van der Waals surface area contributed by atoms with Crippen molar-refractivity contribution in [2.24, 2.45) is 0 Å². The van der Waals surface area contributed by atoms with Crippen molar-refractivity contribution >= 4 is 5.91 Å². The van der Waals surface area contributed by atoms with Crippen LogP contribution < -0.4 is 10.1 Å². The fraction of sp³-hybridized carbons (Fsp3) is 0.696. The number of nitrogens with zero attached hydrogens (tertiary/aromatic N) is 3. The minimum Gasteiger partial charge on any atom is -0.484 e. The number of piperazine rings is 1. The molecule has 2 heterocycles. The molecule has 2 fully saturated rings. The molecule has 0 aromatic heterocycles. The maximum atomic E-state index is 12.5. The molecular formula is C23H38N4O2. The average molecular weight is 403 g/mol. The summed E-state index contributed by atoms with van der Waals surface area (Å²) in [5.74, 6) is 0.861. The summed E-state index contributed by atoms with van der Waals surface area (Å²) in [6, 6.07) is 9.24. The van der Waals surface area contributed by atoms with Crippen LogP contribution >= 0.6 is 0 Å². The largest absolute Gasteiger partial charge is 0.484 e. The summed E-state index contributed by atoms with van der Waals surface area (Å²) in [7, 11) is 0. The number of benzene rings is 1. The molecule has 0 aliphatic carbocycles. The molecule has 1 N–H and O–H groups in total. The average Bonchev–Trinajstić information content (AvgIpc) is 2.74. The normalized spacial score (nSPS) is 19.7. The molecule has 6 nitrogen and oxygen atoms in total. The number of likely N-dealkylation sites (N-methyl/N-ethyl adjacent to an activating group) is 1. The van der Waals surface area contributed by atoms with Crippen molar-refractivity contribution in [2.45, 2.75) is 52.2 Å². The first-order valence-electron chi connectivity index (χ1n) is 11.2. The minimum absolute atomic E-state index is 0.0888. The van der Waals surface area contributed by atoms with Crippen molar-refractivity contribution in [1.29, 1.82) is 0 Å². The Morgan fingerprint density at radius 2 is 1.66 bits per heavy atom. The van der Waals surface area contributed by atoms with Crippen LogP contribution in [0.3, 0.4) is 0 Å². The third-order valence-corrected chi connectivity index (χ3v) is 6.02. The zero-order chi connectivity index (χ0) is 20.6. The molecule has 3 rings (SSSR count). The Kier molecular flexibility index (Phi) is 8.33. The summed E-state index contributed by atoms with van der Waals surface area (Å²) in [6.45, 7) is 15.0. The number of hydrogen-bond donors (Lipinski definition) is 1. The molecule has 29 heavy (non-hydrogen) atoms. The van der Waals surface area contributed by atoms with Crippen molar-refractivity contribution in [3.05, 3.63) is 29.8 Å². The van der Waals surface area contributed by atoms with Gasteiger partial charge in [0.05, 0.1) is 0 Å². The lowest BCUT2D eigenvalue weighted by Gasteiger charge is -2.34. The molecule has 2 aliphatic heterocycles. The van der Waals surface area contributed by atoms with Crippen molar-refractivity contribution in [2.75, 3.05) is 52.4 Å². The third kappa shape index (κ3) is 6.98. The number of amides is 1. The van der Waals surface area contributed by atoms with Crippen molar-refractivity contribution in [1.82, 2.24) is 20.0 Å². The van der Waals surface area contributed by atoms with Gasteiger partial charge in [0, 0.05) is 57.9 Å². The van der Waals surface area contributed by atoms with Gasteiger partial charge < -0.3 is 19.9 Å². The Balaban J connectivity index is 1.37. The summed E-state index contributed by atoms with van der Waals surface area (Å²) < 4.78 is 5.76. The molecule has 6 heteroatoms. The number of hydrogen-bond acceptors (Lipinski definition) is 5. The van der Waals surface area contributed by atoms with E-state index >= 15 is 0 Å². The zero-order valence-corrected chi connectivity index (χ0v) is 18.4. The quantitative estimate of drug-likeness (QED) is 0.722. The maximum Gasteiger partial charge on any atom is 0.260 e. The first-order valence-corrected chi connectivity index (χ1v) is 11.2. The lowest BCUT2D eigenvalue weighted by molar-refractivity contribution is -0.134. The van der Waals surface area contributed by atoms with Gasteiger partial charge in [-0.3, -0.25) is 9.69 Å². The first-order chi connectivity index (χ1) is 14.0. The molecule has 0 unspecified atom stereocenters. The number of rotatable bonds is 8. The smallest absolute Gasteiger partial charge is 0.260 e. The van der Waals surface area contributed by atoms with Crippen LogP contribution in [0.4, 0.5) is 0 Å². The fourth-order valence-electron chi connectivity index (χ4n) is 4.22. The molecule has 1 amide bonds.